The van der Waals surface area contributed by atoms with Gasteiger partial charge in [-0.15, -0.1) is 0 Å². The van der Waals surface area contributed by atoms with Crippen LogP contribution in [-0.2, 0) is 14.8 Å². The summed E-state index contributed by atoms with van der Waals surface area (Å²) in [6.07, 6.45) is 6.70. The number of methoxy groups -OCH3 is 1. The first-order valence-corrected chi connectivity index (χ1v) is 15.6. The monoisotopic (exact) mass is 612 g/mol. The maximum atomic E-state index is 15.4. The summed E-state index contributed by atoms with van der Waals surface area (Å²) in [6.45, 7) is 5.55. The Morgan fingerprint density at radius 2 is 2.02 bits per heavy atom. The molecule has 42 heavy (non-hydrogen) atoms. The zero-order valence-corrected chi connectivity index (χ0v) is 25.3. The Hall–Kier alpha value is -3.51. The molecule has 2 heterocycles. The van der Waals surface area contributed by atoms with E-state index in [1.807, 2.05) is 18.2 Å². The minimum absolute atomic E-state index is 0.0333. The maximum Gasteiger partial charge on any atom is 0.263 e. The molecule has 0 fully saturated rings. The van der Waals surface area contributed by atoms with E-state index in [0.717, 1.165) is 42.9 Å². The number of nitrogens with two attached hydrogens (primary N) is 1. The van der Waals surface area contributed by atoms with Gasteiger partial charge in [0.1, 0.15) is 33.6 Å². The lowest BCUT2D eigenvalue weighted by molar-refractivity contribution is 0.195. The number of nitrogen functional groups attached to an aromatic ring is 1. The summed E-state index contributed by atoms with van der Waals surface area (Å²) in [6, 6.07) is 10.6. The van der Waals surface area contributed by atoms with E-state index < -0.39 is 15.8 Å². The van der Waals surface area contributed by atoms with Gasteiger partial charge in [-0.1, -0.05) is 49.7 Å². The zero-order chi connectivity index (χ0) is 30.0. The molecule has 0 saturated carbocycles. The molecule has 0 saturated heterocycles. The zero-order valence-electron chi connectivity index (χ0n) is 23.7. The number of rotatable bonds is 10. The molecule has 1 aliphatic rings. The SMILES string of the molecule is COCCN[C@@H]1CC=C(c2cnc(N)c3c(-c4ccc(NS(=O)(=O)c5ccccc5Cl)c(F)c4)nc(C(C)C)n23)CC1. The Morgan fingerprint density at radius 3 is 2.69 bits per heavy atom. The number of anilines is 2. The third-order valence-electron chi connectivity index (χ3n) is 7.32. The maximum absolute atomic E-state index is 15.4. The summed E-state index contributed by atoms with van der Waals surface area (Å²) in [5, 5.41) is 3.56. The molecule has 2 aromatic heterocycles. The van der Waals surface area contributed by atoms with Crippen molar-refractivity contribution in [1.82, 2.24) is 19.7 Å². The molecule has 0 amide bonds. The minimum Gasteiger partial charge on any atom is -0.383 e. The first-order valence-electron chi connectivity index (χ1n) is 13.8. The van der Waals surface area contributed by atoms with Gasteiger partial charge in [-0.25, -0.2) is 22.8 Å². The lowest BCUT2D eigenvalue weighted by atomic mass is 9.93. The summed E-state index contributed by atoms with van der Waals surface area (Å²) < 4.78 is 50.6. The molecule has 1 atom stereocenters. The molecule has 12 heteroatoms. The second kappa shape index (κ2) is 12.4. The number of nitrogens with zero attached hydrogens (tertiary/aromatic N) is 3. The molecule has 0 spiro atoms. The molecule has 1 aliphatic carbocycles. The molecule has 222 valence electrons. The first kappa shape index (κ1) is 30.0. The van der Waals surface area contributed by atoms with Crippen molar-refractivity contribution >= 4 is 44.2 Å². The summed E-state index contributed by atoms with van der Waals surface area (Å²) in [5.41, 5.74) is 9.77. The Labute approximate surface area is 250 Å². The molecule has 2 aromatic carbocycles. The average molecular weight is 613 g/mol. The molecule has 9 nitrogen and oxygen atoms in total. The van der Waals surface area contributed by atoms with Crippen LogP contribution in [0.4, 0.5) is 15.9 Å². The number of hydrogen-bond acceptors (Lipinski definition) is 7. The lowest BCUT2D eigenvalue weighted by Crippen LogP contribution is -2.32. The predicted molar refractivity (Wildman–Crippen MR) is 165 cm³/mol. The van der Waals surface area contributed by atoms with Gasteiger partial charge in [0.25, 0.3) is 10.0 Å². The minimum atomic E-state index is -4.11. The second-order valence-corrected chi connectivity index (χ2v) is 12.6. The van der Waals surface area contributed by atoms with E-state index in [4.69, 9.17) is 27.1 Å². The second-order valence-electron chi connectivity index (χ2n) is 10.6. The number of ether oxygens (including phenoxy) is 1. The van der Waals surface area contributed by atoms with Crippen molar-refractivity contribution < 1.29 is 17.5 Å². The van der Waals surface area contributed by atoms with Gasteiger partial charge in [-0.05, 0) is 49.1 Å². The Balaban J connectivity index is 1.52. The van der Waals surface area contributed by atoms with Gasteiger partial charge in [0, 0.05) is 31.2 Å². The Morgan fingerprint density at radius 1 is 1.24 bits per heavy atom. The average Bonchev–Trinajstić information content (AvgIpc) is 3.37. The van der Waals surface area contributed by atoms with Crippen molar-refractivity contribution in [2.75, 3.05) is 30.7 Å². The number of fused-ring (bicyclic) bond motifs is 1. The highest BCUT2D eigenvalue weighted by Gasteiger charge is 2.25. The fraction of sp³-hybridized carbons (Fsp3) is 0.333. The standard InChI is InChI=1S/C30H34ClFN6O3S/c1-18(2)30-36-27(20-10-13-24(23(32)16-20)37-42(39,40)26-7-5-4-6-22(26)31)28-29(33)35-17-25(38(28)30)19-8-11-21(12-9-19)34-14-15-41-3/h4-8,10,13,16-18,21,34,37H,9,11-12,14-15H2,1-3H3,(H2,33,35)/t21-/m1/s1. The van der Waals surface area contributed by atoms with Crippen molar-refractivity contribution in [2.45, 2.75) is 50.0 Å². The number of sulfonamides is 1. The number of imidazole rings is 1. The summed E-state index contributed by atoms with van der Waals surface area (Å²) >= 11 is 6.07. The number of allylic oxidation sites excluding steroid dienone is 1. The first-order chi connectivity index (χ1) is 20.1. The number of nitrogens with one attached hydrogen (secondary N) is 2. The van der Waals surface area contributed by atoms with E-state index >= 15 is 4.39 Å². The van der Waals surface area contributed by atoms with Gasteiger partial charge in [0.15, 0.2) is 0 Å². The smallest absolute Gasteiger partial charge is 0.263 e. The van der Waals surface area contributed by atoms with Gasteiger partial charge in [-0.3, -0.25) is 9.12 Å². The van der Waals surface area contributed by atoms with Crippen molar-refractivity contribution in [1.29, 1.82) is 0 Å². The van der Waals surface area contributed by atoms with Crippen molar-refractivity contribution in [3.63, 3.8) is 0 Å². The number of hydrogen-bond donors (Lipinski definition) is 3. The van der Waals surface area contributed by atoms with Gasteiger partial charge >= 0.3 is 0 Å². The van der Waals surface area contributed by atoms with Gasteiger partial charge in [0.2, 0.25) is 0 Å². The van der Waals surface area contributed by atoms with Crippen LogP contribution in [0.5, 0.6) is 0 Å². The molecule has 0 bridgehead atoms. The lowest BCUT2D eigenvalue weighted by Gasteiger charge is -2.24. The molecule has 4 N–H and O–H groups in total. The van der Waals surface area contributed by atoms with E-state index in [0.29, 0.717) is 29.4 Å². The largest absolute Gasteiger partial charge is 0.383 e. The fourth-order valence-corrected chi connectivity index (χ4v) is 6.80. The molecule has 5 rings (SSSR count). The van der Waals surface area contributed by atoms with Crippen LogP contribution in [-0.4, -0.2) is 49.1 Å². The number of halogens is 2. The van der Waals surface area contributed by atoms with Crippen LogP contribution < -0.4 is 15.8 Å². The Kier molecular flexibility index (Phi) is 8.84. The highest BCUT2D eigenvalue weighted by Crippen LogP contribution is 2.37. The third-order valence-corrected chi connectivity index (χ3v) is 9.19. The van der Waals surface area contributed by atoms with E-state index in [1.54, 1.807) is 31.5 Å². The molecular formula is C30H34ClFN6O3S. The fourth-order valence-electron chi connectivity index (χ4n) is 5.21. The van der Waals surface area contributed by atoms with Crippen LogP contribution in [0.1, 0.15) is 50.5 Å². The van der Waals surface area contributed by atoms with Crippen LogP contribution >= 0.6 is 11.6 Å². The van der Waals surface area contributed by atoms with Crippen molar-refractivity contribution in [2.24, 2.45) is 0 Å². The quantitative estimate of drug-likeness (QED) is 0.191. The van der Waals surface area contributed by atoms with Crippen LogP contribution in [0.2, 0.25) is 5.02 Å². The van der Waals surface area contributed by atoms with Crippen LogP contribution in [0.25, 0.3) is 22.3 Å². The van der Waals surface area contributed by atoms with E-state index in [-0.39, 0.29) is 27.3 Å². The van der Waals surface area contributed by atoms with Crippen LogP contribution in [0.15, 0.2) is 59.6 Å². The van der Waals surface area contributed by atoms with Gasteiger partial charge in [-0.2, -0.15) is 0 Å². The van der Waals surface area contributed by atoms with E-state index in [1.165, 1.54) is 24.3 Å². The van der Waals surface area contributed by atoms with E-state index in [2.05, 4.69) is 21.1 Å². The highest BCUT2D eigenvalue weighted by molar-refractivity contribution is 7.92. The number of benzene rings is 2. The van der Waals surface area contributed by atoms with Crippen molar-refractivity contribution in [3.8, 4) is 11.3 Å². The Bertz CT molecular complexity index is 1760. The third kappa shape index (κ3) is 6.00. The predicted octanol–water partition coefficient (Wildman–Crippen LogP) is 5.87. The topological polar surface area (TPSA) is 124 Å². The summed E-state index contributed by atoms with van der Waals surface area (Å²) in [5.74, 6) is 0.313. The highest BCUT2D eigenvalue weighted by atomic mass is 35.5. The van der Waals surface area contributed by atoms with Crippen LogP contribution in [0.3, 0.4) is 0 Å². The molecule has 4 aromatic rings. The molecule has 0 unspecified atom stereocenters. The molecule has 0 aliphatic heterocycles. The normalized spacial score (nSPS) is 15.8. The van der Waals surface area contributed by atoms with Crippen LogP contribution in [0, 0.1) is 5.82 Å². The summed E-state index contributed by atoms with van der Waals surface area (Å²) in [4.78, 5) is 9.27. The number of aromatic nitrogens is 3. The molecule has 0 radical (unpaired) electrons. The van der Waals surface area contributed by atoms with Gasteiger partial charge in [0.05, 0.1) is 29.2 Å². The summed E-state index contributed by atoms with van der Waals surface area (Å²) in [7, 11) is -2.42. The molecular weight excluding hydrogens is 579 g/mol. The van der Waals surface area contributed by atoms with Crippen molar-refractivity contribution in [3.05, 3.63) is 77.1 Å². The van der Waals surface area contributed by atoms with Gasteiger partial charge < -0.3 is 15.8 Å². The van der Waals surface area contributed by atoms with E-state index in [9.17, 15) is 8.42 Å².